The summed E-state index contributed by atoms with van der Waals surface area (Å²) in [5, 5.41) is 0. The maximum absolute atomic E-state index is 14.3. The summed E-state index contributed by atoms with van der Waals surface area (Å²) >= 11 is 0. The number of hydrogen-bond acceptors (Lipinski definition) is 5. The van der Waals surface area contributed by atoms with Gasteiger partial charge in [0.25, 0.3) is 0 Å². The van der Waals surface area contributed by atoms with E-state index >= 15 is 0 Å². The van der Waals surface area contributed by atoms with E-state index in [-0.39, 0.29) is 18.9 Å². The number of likely N-dealkylation sites (N-methyl/N-ethyl adjacent to an activating group) is 2. The minimum Gasteiger partial charge on any atom is -0.472 e. The van der Waals surface area contributed by atoms with Crippen molar-refractivity contribution in [1.82, 2.24) is 19.7 Å². The Bertz CT molecular complexity index is 1830. The average Bonchev–Trinajstić information content (AvgIpc) is 3.64. The van der Waals surface area contributed by atoms with Gasteiger partial charge in [0.15, 0.2) is 0 Å². The molecule has 50 heavy (non-hydrogen) atoms. The SMILES string of the molecule is CN(CCN(C)C(=O)[C@H](Cc1ccccc1)N(Cc1ccc(-c2ccccn2)cc1)C(=O)/C=C/c1ccc(C(F)(F)F)cc1)Cc1ccoc1. The molecule has 0 bridgehead atoms. The van der Waals surface area contributed by atoms with Crippen molar-refractivity contribution in [3.63, 3.8) is 0 Å². The number of alkyl halides is 3. The smallest absolute Gasteiger partial charge is 0.416 e. The fraction of sp³-hybridized carbons (Fsp3) is 0.225. The van der Waals surface area contributed by atoms with Gasteiger partial charge in [-0.2, -0.15) is 13.2 Å². The zero-order valence-electron chi connectivity index (χ0n) is 28.0. The number of carbonyl (C=O) groups excluding carboxylic acids is 2. The zero-order valence-corrected chi connectivity index (χ0v) is 28.0. The topological polar surface area (TPSA) is 69.9 Å². The molecule has 10 heteroatoms. The summed E-state index contributed by atoms with van der Waals surface area (Å²) < 4.78 is 44.6. The minimum absolute atomic E-state index is 0.121. The van der Waals surface area contributed by atoms with Gasteiger partial charge in [0.05, 0.1) is 23.8 Å². The zero-order chi connectivity index (χ0) is 35.5. The molecule has 0 aliphatic heterocycles. The number of nitrogens with zero attached hydrogens (tertiary/aromatic N) is 4. The Kier molecular flexibility index (Phi) is 12.0. The third-order valence-corrected chi connectivity index (χ3v) is 8.37. The molecule has 2 amide bonds. The lowest BCUT2D eigenvalue weighted by Gasteiger charge is -2.34. The van der Waals surface area contributed by atoms with Crippen LogP contribution >= 0.6 is 0 Å². The lowest BCUT2D eigenvalue weighted by Crippen LogP contribution is -2.51. The Hall–Kier alpha value is -5.48. The maximum Gasteiger partial charge on any atom is 0.416 e. The molecule has 2 heterocycles. The summed E-state index contributed by atoms with van der Waals surface area (Å²) in [6.45, 7) is 1.78. The molecular formula is C40H39F3N4O3. The van der Waals surface area contributed by atoms with E-state index in [0.29, 0.717) is 25.2 Å². The van der Waals surface area contributed by atoms with Crippen LogP contribution in [0.4, 0.5) is 13.2 Å². The van der Waals surface area contributed by atoms with Crippen molar-refractivity contribution in [2.75, 3.05) is 27.2 Å². The van der Waals surface area contributed by atoms with Crippen LogP contribution in [-0.2, 0) is 35.3 Å². The first-order valence-electron chi connectivity index (χ1n) is 16.2. The number of halogens is 3. The molecule has 0 spiro atoms. The molecule has 5 aromatic rings. The second kappa shape index (κ2) is 16.8. The number of hydrogen-bond donors (Lipinski definition) is 0. The van der Waals surface area contributed by atoms with Crippen molar-refractivity contribution >= 4 is 17.9 Å². The molecule has 3 aromatic carbocycles. The van der Waals surface area contributed by atoms with Crippen LogP contribution in [-0.4, -0.2) is 64.7 Å². The largest absolute Gasteiger partial charge is 0.472 e. The molecule has 2 aromatic heterocycles. The standard InChI is InChI=1S/C40H39F3N4O3/c1-45(27-33-21-25-50-29-33)23-24-46(2)39(49)37(26-31-8-4-3-5-9-31)47(28-32-11-16-34(17-12-32)36-10-6-7-22-44-36)38(48)20-15-30-13-18-35(19-14-30)40(41,42)43/h3-22,25,29,37H,23-24,26-28H2,1-2H3/b20-15+/t37-/m0/s1. The molecule has 0 aliphatic rings. The van der Waals surface area contributed by atoms with E-state index < -0.39 is 23.7 Å². The van der Waals surface area contributed by atoms with Gasteiger partial charge in [-0.15, -0.1) is 0 Å². The van der Waals surface area contributed by atoms with Gasteiger partial charge >= 0.3 is 6.18 Å². The third-order valence-electron chi connectivity index (χ3n) is 8.37. The van der Waals surface area contributed by atoms with Crippen LogP contribution < -0.4 is 0 Å². The Balaban J connectivity index is 1.43. The lowest BCUT2D eigenvalue weighted by atomic mass is 10.0. The molecule has 0 radical (unpaired) electrons. The molecule has 0 fully saturated rings. The Labute approximate surface area is 290 Å². The maximum atomic E-state index is 14.3. The monoisotopic (exact) mass is 680 g/mol. The van der Waals surface area contributed by atoms with Gasteiger partial charge in [0.2, 0.25) is 11.8 Å². The molecule has 0 N–H and O–H groups in total. The van der Waals surface area contributed by atoms with Gasteiger partial charge < -0.3 is 19.1 Å². The van der Waals surface area contributed by atoms with Crippen LogP contribution in [0.25, 0.3) is 17.3 Å². The molecule has 258 valence electrons. The highest BCUT2D eigenvalue weighted by Crippen LogP contribution is 2.29. The van der Waals surface area contributed by atoms with Gasteiger partial charge in [0.1, 0.15) is 6.04 Å². The van der Waals surface area contributed by atoms with Crippen molar-refractivity contribution in [3.8, 4) is 11.3 Å². The fourth-order valence-electron chi connectivity index (χ4n) is 5.53. The number of aromatic nitrogens is 1. The van der Waals surface area contributed by atoms with E-state index in [1.807, 2.05) is 85.9 Å². The number of amides is 2. The van der Waals surface area contributed by atoms with Gasteiger partial charge in [-0.3, -0.25) is 14.6 Å². The Morgan fingerprint density at radius 1 is 0.800 bits per heavy atom. The van der Waals surface area contributed by atoms with E-state index in [0.717, 1.165) is 40.1 Å². The summed E-state index contributed by atoms with van der Waals surface area (Å²) in [7, 11) is 3.69. The Morgan fingerprint density at radius 3 is 2.16 bits per heavy atom. The van der Waals surface area contributed by atoms with Crippen molar-refractivity contribution < 1.29 is 27.2 Å². The van der Waals surface area contributed by atoms with Crippen LogP contribution in [0.2, 0.25) is 0 Å². The van der Waals surface area contributed by atoms with Gasteiger partial charge in [0, 0.05) is 63.0 Å². The summed E-state index contributed by atoms with van der Waals surface area (Å²) in [4.78, 5) is 38.1. The highest BCUT2D eigenvalue weighted by molar-refractivity contribution is 5.95. The first-order chi connectivity index (χ1) is 24.1. The van der Waals surface area contributed by atoms with Gasteiger partial charge in [-0.05, 0) is 60.1 Å². The molecule has 0 saturated carbocycles. The fourth-order valence-corrected chi connectivity index (χ4v) is 5.53. The summed E-state index contributed by atoms with van der Waals surface area (Å²) in [6.07, 6.45) is 3.61. The average molecular weight is 681 g/mol. The van der Waals surface area contributed by atoms with E-state index in [4.69, 9.17) is 4.42 Å². The van der Waals surface area contributed by atoms with Gasteiger partial charge in [-0.25, -0.2) is 0 Å². The van der Waals surface area contributed by atoms with Crippen LogP contribution in [0.5, 0.6) is 0 Å². The molecule has 5 rings (SSSR count). The first kappa shape index (κ1) is 35.8. The summed E-state index contributed by atoms with van der Waals surface area (Å²) in [5.74, 6) is -0.676. The van der Waals surface area contributed by atoms with Crippen LogP contribution in [0, 0.1) is 0 Å². The quantitative estimate of drug-likeness (QED) is 0.113. The highest BCUT2D eigenvalue weighted by Gasteiger charge is 2.32. The van der Waals surface area contributed by atoms with E-state index in [9.17, 15) is 22.8 Å². The van der Waals surface area contributed by atoms with E-state index in [1.54, 1.807) is 30.7 Å². The van der Waals surface area contributed by atoms with E-state index in [2.05, 4.69) is 9.88 Å². The highest BCUT2D eigenvalue weighted by atomic mass is 19.4. The number of rotatable bonds is 14. The van der Waals surface area contributed by atoms with Gasteiger partial charge in [-0.1, -0.05) is 72.8 Å². The predicted molar refractivity (Wildman–Crippen MR) is 187 cm³/mol. The number of furan rings is 1. The molecular weight excluding hydrogens is 641 g/mol. The van der Waals surface area contributed by atoms with Crippen molar-refractivity contribution in [3.05, 3.63) is 156 Å². The molecule has 0 unspecified atom stereocenters. The number of carbonyl (C=O) groups is 2. The normalized spacial score (nSPS) is 12.3. The summed E-state index contributed by atoms with van der Waals surface area (Å²) in [5.41, 5.74) is 4.07. The summed E-state index contributed by atoms with van der Waals surface area (Å²) in [6, 6.07) is 28.4. The second-order valence-electron chi connectivity index (χ2n) is 12.2. The number of benzene rings is 3. The van der Waals surface area contributed by atoms with Crippen molar-refractivity contribution in [2.24, 2.45) is 0 Å². The second-order valence-corrected chi connectivity index (χ2v) is 12.2. The lowest BCUT2D eigenvalue weighted by molar-refractivity contribution is -0.143. The third kappa shape index (κ3) is 10.0. The predicted octanol–water partition coefficient (Wildman–Crippen LogP) is 7.60. The van der Waals surface area contributed by atoms with Crippen molar-refractivity contribution in [2.45, 2.75) is 31.7 Å². The first-order valence-corrected chi connectivity index (χ1v) is 16.2. The van der Waals surface area contributed by atoms with E-state index in [1.165, 1.54) is 29.2 Å². The van der Waals surface area contributed by atoms with Crippen LogP contribution in [0.3, 0.4) is 0 Å². The van der Waals surface area contributed by atoms with Crippen molar-refractivity contribution in [1.29, 1.82) is 0 Å². The molecule has 7 nitrogen and oxygen atoms in total. The Morgan fingerprint density at radius 2 is 1.52 bits per heavy atom. The van der Waals surface area contributed by atoms with Crippen LogP contribution in [0.15, 0.2) is 132 Å². The molecule has 1 atom stereocenters. The molecule has 0 aliphatic carbocycles. The number of pyridine rings is 1. The van der Waals surface area contributed by atoms with Crippen LogP contribution in [0.1, 0.15) is 27.8 Å². The molecule has 0 saturated heterocycles. The minimum atomic E-state index is -4.47.